The Hall–Kier alpha value is -2.85. The molecule has 11 heteroatoms. The van der Waals surface area contributed by atoms with Gasteiger partial charge in [-0.05, 0) is 53.5 Å². The van der Waals surface area contributed by atoms with Gasteiger partial charge < -0.3 is 10.6 Å². The molecule has 0 saturated carbocycles. The number of carbonyl (C=O) groups excluding carboxylic acids is 2. The largest absolute Gasteiger partial charge is 0.357 e. The van der Waals surface area contributed by atoms with Crippen LogP contribution in [0.2, 0.25) is 10.0 Å². The molecule has 1 aromatic heterocycles. The van der Waals surface area contributed by atoms with Crippen molar-refractivity contribution in [1.29, 1.82) is 0 Å². The maximum Gasteiger partial charge on any atom is 0.253 e. The minimum absolute atomic E-state index is 0.0308. The lowest BCUT2D eigenvalue weighted by atomic mass is 10.00. The highest BCUT2D eigenvalue weighted by molar-refractivity contribution is 8.14. The molecule has 0 bridgehead atoms. The van der Waals surface area contributed by atoms with Gasteiger partial charge in [0.1, 0.15) is 0 Å². The Balaban J connectivity index is 1.31. The lowest BCUT2D eigenvalue weighted by molar-refractivity contribution is -0.112. The number of hydrogen-bond acceptors (Lipinski definition) is 6. The third kappa shape index (κ3) is 6.64. The molecular formula is C24H21Cl2N5O2S2. The number of thioether (sulfide) groups is 1. The molecule has 35 heavy (non-hydrogen) atoms. The molecule has 7 nitrogen and oxygen atoms in total. The lowest BCUT2D eigenvalue weighted by Crippen LogP contribution is -2.39. The van der Waals surface area contributed by atoms with Crippen LogP contribution < -0.4 is 21.5 Å². The van der Waals surface area contributed by atoms with Gasteiger partial charge in [0.25, 0.3) is 5.91 Å². The third-order valence-corrected chi connectivity index (χ3v) is 7.05. The molecule has 1 saturated heterocycles. The zero-order valence-electron chi connectivity index (χ0n) is 18.3. The Morgan fingerprint density at radius 2 is 1.91 bits per heavy atom. The third-order valence-electron chi connectivity index (χ3n) is 5.25. The molecule has 0 aliphatic carbocycles. The molecule has 1 aliphatic heterocycles. The van der Waals surface area contributed by atoms with Gasteiger partial charge in [-0.3, -0.25) is 20.4 Å². The van der Waals surface area contributed by atoms with E-state index in [1.807, 2.05) is 48.5 Å². The first-order valence-corrected chi connectivity index (χ1v) is 12.8. The topological polar surface area (TPSA) is 95.2 Å². The van der Waals surface area contributed by atoms with Crippen LogP contribution in [0.5, 0.6) is 0 Å². The van der Waals surface area contributed by atoms with E-state index in [0.717, 1.165) is 16.7 Å². The van der Waals surface area contributed by atoms with Gasteiger partial charge in [0, 0.05) is 23.5 Å². The van der Waals surface area contributed by atoms with E-state index in [4.69, 9.17) is 35.4 Å². The van der Waals surface area contributed by atoms with Crippen LogP contribution in [0.25, 0.3) is 11.1 Å². The number of carbonyl (C=O) groups is 2. The Bertz CT molecular complexity index is 1260. The minimum Gasteiger partial charge on any atom is -0.357 e. The summed E-state index contributed by atoms with van der Waals surface area (Å²) in [6, 6.07) is 16.7. The number of nitrogens with zero attached hydrogens (tertiary/aromatic N) is 1. The number of hydrazine groups is 1. The first-order valence-electron chi connectivity index (χ1n) is 10.7. The summed E-state index contributed by atoms with van der Waals surface area (Å²) in [7, 11) is 0. The van der Waals surface area contributed by atoms with E-state index in [2.05, 4.69) is 26.5 Å². The first kappa shape index (κ1) is 25.2. The molecule has 2 aromatic carbocycles. The zero-order valence-corrected chi connectivity index (χ0v) is 21.5. The number of rotatable bonds is 7. The van der Waals surface area contributed by atoms with Crippen molar-refractivity contribution in [3.8, 4) is 11.1 Å². The van der Waals surface area contributed by atoms with E-state index in [1.54, 1.807) is 0 Å². The molecule has 1 unspecified atom stereocenters. The molecule has 1 amide bonds. The van der Waals surface area contributed by atoms with Gasteiger partial charge in [-0.1, -0.05) is 71.4 Å². The average molecular weight is 547 g/mol. The second kappa shape index (κ2) is 11.7. The summed E-state index contributed by atoms with van der Waals surface area (Å²) in [4.78, 5) is 28.3. The average Bonchev–Trinajstić information content (AvgIpc) is 3.26. The zero-order chi connectivity index (χ0) is 24.8. The van der Waals surface area contributed by atoms with Crippen LogP contribution in [-0.2, 0) is 11.3 Å². The molecule has 180 valence electrons. The molecule has 3 aromatic rings. The minimum atomic E-state index is -0.473. The maximum atomic E-state index is 12.4. The van der Waals surface area contributed by atoms with Crippen LogP contribution in [0.15, 0.2) is 60.8 Å². The molecule has 4 rings (SSSR count). The number of nitrogens with one attached hydrogen (secondary N) is 4. The summed E-state index contributed by atoms with van der Waals surface area (Å²) in [5.41, 5.74) is 9.15. The lowest BCUT2D eigenvalue weighted by Gasteiger charge is -2.15. The predicted octanol–water partition coefficient (Wildman–Crippen LogP) is 4.81. The number of benzene rings is 2. The van der Waals surface area contributed by atoms with Gasteiger partial charge in [-0.25, -0.2) is 4.98 Å². The van der Waals surface area contributed by atoms with Crippen LogP contribution in [0.3, 0.4) is 0 Å². The Labute approximate surface area is 222 Å². The number of thiocarbonyl (C=S) groups is 1. The molecular weight excluding hydrogens is 525 g/mol. The van der Waals surface area contributed by atoms with Crippen LogP contribution in [0.4, 0.5) is 5.82 Å². The van der Waals surface area contributed by atoms with Gasteiger partial charge in [0.2, 0.25) is 5.12 Å². The first-order chi connectivity index (χ1) is 16.9. The molecule has 0 radical (unpaired) electrons. The van der Waals surface area contributed by atoms with Gasteiger partial charge in [-0.2, -0.15) is 0 Å². The second-order valence-electron chi connectivity index (χ2n) is 7.63. The van der Waals surface area contributed by atoms with Crippen molar-refractivity contribution in [1.82, 2.24) is 21.0 Å². The highest BCUT2D eigenvalue weighted by Crippen LogP contribution is 2.25. The van der Waals surface area contributed by atoms with Gasteiger partial charge >= 0.3 is 0 Å². The van der Waals surface area contributed by atoms with Crippen molar-refractivity contribution in [3.05, 3.63) is 82.0 Å². The predicted molar refractivity (Wildman–Crippen MR) is 146 cm³/mol. The highest BCUT2D eigenvalue weighted by Gasteiger charge is 2.27. The fourth-order valence-electron chi connectivity index (χ4n) is 3.44. The van der Waals surface area contributed by atoms with Crippen molar-refractivity contribution < 1.29 is 9.59 Å². The van der Waals surface area contributed by atoms with Crippen molar-refractivity contribution in [2.75, 3.05) is 11.2 Å². The van der Waals surface area contributed by atoms with E-state index < -0.39 is 11.9 Å². The highest BCUT2D eigenvalue weighted by atomic mass is 35.5. The number of pyridine rings is 1. The van der Waals surface area contributed by atoms with Gasteiger partial charge in [0.15, 0.2) is 10.9 Å². The number of anilines is 1. The van der Waals surface area contributed by atoms with E-state index in [0.29, 0.717) is 34.7 Å². The molecule has 2 heterocycles. The SMILES string of the molecule is O=C(NC1CCSC1=O)c1cnc(NNC(=S)NCc2ccccc2-c2ccc(Cl)cc2)c(Cl)c1. The van der Waals surface area contributed by atoms with E-state index in [1.165, 1.54) is 24.0 Å². The molecule has 0 spiro atoms. The Morgan fingerprint density at radius 1 is 1.14 bits per heavy atom. The molecule has 1 atom stereocenters. The summed E-state index contributed by atoms with van der Waals surface area (Å²) in [6.07, 6.45) is 2.01. The van der Waals surface area contributed by atoms with Crippen molar-refractivity contribution in [3.63, 3.8) is 0 Å². The van der Waals surface area contributed by atoms with E-state index >= 15 is 0 Å². The number of hydrogen-bond donors (Lipinski definition) is 4. The number of aromatic nitrogens is 1. The molecule has 1 aliphatic rings. The summed E-state index contributed by atoms with van der Waals surface area (Å²) in [5.74, 6) is 0.621. The van der Waals surface area contributed by atoms with Crippen molar-refractivity contribution in [2.45, 2.75) is 19.0 Å². The van der Waals surface area contributed by atoms with Crippen LogP contribution in [0.1, 0.15) is 22.3 Å². The van der Waals surface area contributed by atoms with E-state index in [-0.39, 0.29) is 15.7 Å². The summed E-state index contributed by atoms with van der Waals surface area (Å²) < 4.78 is 0. The van der Waals surface area contributed by atoms with Crippen LogP contribution in [-0.4, -0.2) is 32.9 Å². The van der Waals surface area contributed by atoms with Gasteiger partial charge in [0.05, 0.1) is 16.6 Å². The van der Waals surface area contributed by atoms with Crippen LogP contribution in [0, 0.1) is 0 Å². The summed E-state index contributed by atoms with van der Waals surface area (Å²) in [5, 5.41) is 7.08. The smallest absolute Gasteiger partial charge is 0.253 e. The molecule has 1 fully saturated rings. The monoisotopic (exact) mass is 545 g/mol. The summed E-state index contributed by atoms with van der Waals surface area (Å²) >= 11 is 18.9. The maximum absolute atomic E-state index is 12.4. The summed E-state index contributed by atoms with van der Waals surface area (Å²) in [6.45, 7) is 0.491. The Morgan fingerprint density at radius 3 is 2.63 bits per heavy atom. The van der Waals surface area contributed by atoms with Gasteiger partial charge in [-0.15, -0.1) is 0 Å². The van der Waals surface area contributed by atoms with Crippen LogP contribution >= 0.6 is 47.2 Å². The fourth-order valence-corrected chi connectivity index (χ4v) is 4.84. The molecule has 4 N–H and O–H groups in total. The quantitative estimate of drug-likeness (QED) is 0.248. The number of halogens is 2. The standard InChI is InChI=1S/C24H21Cl2N5O2S2/c25-17-7-5-14(6-8-17)18-4-2-1-3-15(18)12-28-24(34)31-30-21-19(26)11-16(13-27-21)22(32)29-20-9-10-35-23(20)33/h1-8,11,13,20H,9-10,12H2,(H,27,30)(H,29,32)(H2,28,31,34). The second-order valence-corrected chi connectivity index (χ2v) is 9.98. The normalized spacial score (nSPS) is 14.9. The van der Waals surface area contributed by atoms with Crippen molar-refractivity contribution in [2.24, 2.45) is 0 Å². The Kier molecular flexibility index (Phi) is 8.46. The van der Waals surface area contributed by atoms with Crippen molar-refractivity contribution >= 4 is 69.1 Å². The van der Waals surface area contributed by atoms with E-state index in [9.17, 15) is 9.59 Å². The fraction of sp³-hybridized carbons (Fsp3) is 0.167. The number of amides is 1.